The van der Waals surface area contributed by atoms with Gasteiger partial charge in [0.1, 0.15) is 12.2 Å². The molecule has 2 unspecified atom stereocenters. The monoisotopic (exact) mass is 296 g/mol. The van der Waals surface area contributed by atoms with Crippen LogP contribution in [0.25, 0.3) is 0 Å². The van der Waals surface area contributed by atoms with Gasteiger partial charge >= 0.3 is 18.5 Å². The molecule has 0 heterocycles. The molecule has 0 aliphatic carbocycles. The summed E-state index contributed by atoms with van der Waals surface area (Å²) in [5.74, 6) is 0. The van der Waals surface area contributed by atoms with Gasteiger partial charge in [-0.2, -0.15) is 19.4 Å². The fraction of sp³-hybridized carbons (Fsp3) is 0.727. The number of rotatable bonds is 4. The predicted molar refractivity (Wildman–Crippen MR) is 65.3 cm³/mol. The molecule has 9 nitrogen and oxygen atoms in total. The minimum absolute atomic E-state index is 0.290. The zero-order chi connectivity index (χ0) is 16.1. The van der Waals surface area contributed by atoms with Gasteiger partial charge in [-0.1, -0.05) is 13.8 Å². The van der Waals surface area contributed by atoms with E-state index in [-0.39, 0.29) is 12.2 Å². The van der Waals surface area contributed by atoms with E-state index in [0.29, 0.717) is 12.8 Å². The third kappa shape index (κ3) is 15.8. The number of ether oxygens (including phenoxy) is 2. The highest BCUT2D eigenvalue weighted by molar-refractivity contribution is 5.63. The first-order chi connectivity index (χ1) is 9.22. The largest absolute Gasteiger partial charge is 0.550 e. The molecule has 9 heteroatoms. The number of carbonyl (C=O) groups is 3. The van der Waals surface area contributed by atoms with E-state index < -0.39 is 18.5 Å². The Morgan fingerprint density at radius 3 is 1.30 bits per heavy atom. The smallest absolute Gasteiger partial charge is 0.450 e. The molecule has 0 aromatic rings. The van der Waals surface area contributed by atoms with Gasteiger partial charge in [0.05, 0.1) is 0 Å². The predicted octanol–water partition coefficient (Wildman–Crippen LogP) is 3.03. The quantitative estimate of drug-likeness (QED) is 0.456. The highest BCUT2D eigenvalue weighted by Crippen LogP contribution is 2.02. The van der Waals surface area contributed by atoms with Gasteiger partial charge < -0.3 is 19.7 Å². The minimum Gasteiger partial charge on any atom is -0.450 e. The topological polar surface area (TPSA) is 129 Å². The Labute approximate surface area is 116 Å². The molecule has 2 N–H and O–H groups in total. The van der Waals surface area contributed by atoms with Crippen LogP contribution in [0.5, 0.6) is 0 Å². The Morgan fingerprint density at radius 2 is 1.10 bits per heavy atom. The molecular weight excluding hydrogens is 276 g/mol. The molecule has 0 bridgehead atoms. The van der Waals surface area contributed by atoms with Gasteiger partial charge in [-0.15, -0.1) is 0 Å². The van der Waals surface area contributed by atoms with Gasteiger partial charge in [0, 0.05) is 0 Å². The molecule has 0 saturated carbocycles. The van der Waals surface area contributed by atoms with Crippen molar-refractivity contribution < 1.29 is 43.8 Å². The summed E-state index contributed by atoms with van der Waals surface area (Å²) in [5.41, 5.74) is 0. The second-order valence-corrected chi connectivity index (χ2v) is 3.62. The summed E-state index contributed by atoms with van der Waals surface area (Å²) in [6.45, 7) is 7.07. The lowest BCUT2D eigenvalue weighted by Gasteiger charge is -2.11. The van der Waals surface area contributed by atoms with E-state index in [1.54, 1.807) is 13.8 Å². The first kappa shape index (κ1) is 20.1. The van der Waals surface area contributed by atoms with Crippen LogP contribution in [0.2, 0.25) is 0 Å². The molecular formula is C11H20O9. The van der Waals surface area contributed by atoms with Crippen molar-refractivity contribution in [2.45, 2.75) is 52.7 Å². The first-order valence-electron chi connectivity index (χ1n) is 5.90. The molecule has 0 aromatic carbocycles. The molecule has 0 spiro atoms. The number of carbonyl (C=O) groups excluding carboxylic acids is 2. The Bertz CT molecular complexity index is 274. The van der Waals surface area contributed by atoms with E-state index in [1.165, 1.54) is 0 Å². The molecule has 118 valence electrons. The third-order valence-corrected chi connectivity index (χ3v) is 1.92. The number of carboxylic acid groups (broad SMARTS) is 2. The summed E-state index contributed by atoms with van der Waals surface area (Å²) in [6.07, 6.45) is -3.24. The van der Waals surface area contributed by atoms with Crippen molar-refractivity contribution >= 4 is 18.5 Å². The molecule has 0 saturated heterocycles. The van der Waals surface area contributed by atoms with Crippen LogP contribution in [0.3, 0.4) is 0 Å². The first-order valence-corrected chi connectivity index (χ1v) is 5.90. The van der Waals surface area contributed by atoms with E-state index in [4.69, 9.17) is 15.0 Å². The zero-order valence-electron chi connectivity index (χ0n) is 11.8. The van der Waals surface area contributed by atoms with Crippen LogP contribution in [0.15, 0.2) is 0 Å². The van der Waals surface area contributed by atoms with Crippen molar-refractivity contribution in [1.29, 1.82) is 0 Å². The molecule has 0 rings (SSSR count). The third-order valence-electron chi connectivity index (χ3n) is 1.92. The molecule has 0 radical (unpaired) electrons. The maximum Gasteiger partial charge on any atom is 0.550 e. The zero-order valence-corrected chi connectivity index (χ0v) is 11.8. The molecule has 0 aliphatic rings. The molecule has 0 aromatic heterocycles. The van der Waals surface area contributed by atoms with Gasteiger partial charge in [-0.05, 0) is 26.7 Å². The molecule has 0 fully saturated rings. The van der Waals surface area contributed by atoms with E-state index in [2.05, 4.69) is 19.2 Å². The van der Waals surface area contributed by atoms with Crippen molar-refractivity contribution in [3.8, 4) is 0 Å². The average molecular weight is 296 g/mol. The highest BCUT2D eigenvalue weighted by atomic mass is 17.3. The van der Waals surface area contributed by atoms with Crippen molar-refractivity contribution in [2.75, 3.05) is 0 Å². The Morgan fingerprint density at radius 1 is 0.850 bits per heavy atom. The summed E-state index contributed by atoms with van der Waals surface area (Å²) < 4.78 is 9.37. The van der Waals surface area contributed by atoms with Crippen molar-refractivity contribution in [1.82, 2.24) is 0 Å². The standard InChI is InChI=1S/C10H18O6.CH2O3/c1-5-7(3)13-9(11)15-16-10(12)14-8(4)6-2;2-1(3)4/h7-8H,5-6H2,1-4H3;(H2,2,3,4). The average Bonchev–Trinajstić information content (AvgIpc) is 2.35. The summed E-state index contributed by atoms with van der Waals surface area (Å²) >= 11 is 0. The van der Waals surface area contributed by atoms with Crippen LogP contribution >= 0.6 is 0 Å². The van der Waals surface area contributed by atoms with Crippen LogP contribution < -0.4 is 0 Å². The number of hydrogen-bond donors (Lipinski definition) is 2. The minimum atomic E-state index is -1.83. The van der Waals surface area contributed by atoms with Gasteiger partial charge in [0.25, 0.3) is 0 Å². The van der Waals surface area contributed by atoms with Crippen molar-refractivity contribution in [3.05, 3.63) is 0 Å². The van der Waals surface area contributed by atoms with Crippen LogP contribution in [0.1, 0.15) is 40.5 Å². The summed E-state index contributed by atoms with van der Waals surface area (Å²) in [7, 11) is 0. The van der Waals surface area contributed by atoms with Crippen LogP contribution in [0.4, 0.5) is 14.4 Å². The van der Waals surface area contributed by atoms with Gasteiger partial charge in [-0.3, -0.25) is 0 Å². The van der Waals surface area contributed by atoms with E-state index in [0.717, 1.165) is 0 Å². The van der Waals surface area contributed by atoms with E-state index >= 15 is 0 Å². The van der Waals surface area contributed by atoms with E-state index in [9.17, 15) is 9.59 Å². The SMILES string of the molecule is CCC(C)OC(=O)OOC(=O)OC(C)CC.O=C(O)O. The lowest BCUT2D eigenvalue weighted by atomic mass is 10.3. The van der Waals surface area contributed by atoms with Gasteiger partial charge in [0.15, 0.2) is 0 Å². The molecule has 20 heavy (non-hydrogen) atoms. The normalized spacial score (nSPS) is 12.0. The molecule has 0 aliphatic heterocycles. The fourth-order valence-corrected chi connectivity index (χ4v) is 0.603. The Balaban J connectivity index is 0. The lowest BCUT2D eigenvalue weighted by molar-refractivity contribution is -0.223. The lowest BCUT2D eigenvalue weighted by Crippen LogP contribution is -2.20. The second-order valence-electron chi connectivity index (χ2n) is 3.62. The van der Waals surface area contributed by atoms with Crippen LogP contribution in [-0.4, -0.2) is 40.9 Å². The highest BCUT2D eigenvalue weighted by Gasteiger charge is 2.15. The Kier molecular flexibility index (Phi) is 12.0. The fourth-order valence-electron chi connectivity index (χ4n) is 0.603. The van der Waals surface area contributed by atoms with E-state index in [1.807, 2.05) is 13.8 Å². The Hall–Kier alpha value is -2.19. The van der Waals surface area contributed by atoms with Gasteiger partial charge in [-0.25, -0.2) is 4.79 Å². The number of hydrogen-bond acceptors (Lipinski definition) is 7. The maximum absolute atomic E-state index is 10.9. The maximum atomic E-state index is 10.9. The molecule has 2 atom stereocenters. The second kappa shape index (κ2) is 11.9. The van der Waals surface area contributed by atoms with Crippen LogP contribution in [-0.2, 0) is 19.2 Å². The molecule has 0 amide bonds. The summed E-state index contributed by atoms with van der Waals surface area (Å²) in [6, 6.07) is 0. The van der Waals surface area contributed by atoms with Crippen molar-refractivity contribution in [2.24, 2.45) is 0 Å². The van der Waals surface area contributed by atoms with Crippen LogP contribution in [0, 0.1) is 0 Å². The van der Waals surface area contributed by atoms with Crippen molar-refractivity contribution in [3.63, 3.8) is 0 Å². The van der Waals surface area contributed by atoms with Gasteiger partial charge in [0.2, 0.25) is 0 Å². The summed E-state index contributed by atoms with van der Waals surface area (Å²) in [5, 5.41) is 13.9. The summed E-state index contributed by atoms with van der Waals surface area (Å²) in [4.78, 5) is 38.5.